The first-order valence-corrected chi connectivity index (χ1v) is 10.7. The number of hydrogen-bond donors (Lipinski definition) is 1. The molecule has 0 bridgehead atoms. The highest BCUT2D eigenvalue weighted by Gasteiger charge is 2.25. The van der Waals surface area contributed by atoms with Gasteiger partial charge in [-0.05, 0) is 104 Å². The summed E-state index contributed by atoms with van der Waals surface area (Å²) >= 11 is 2.09. The second kappa shape index (κ2) is 9.22. The van der Waals surface area contributed by atoms with Crippen LogP contribution in [0, 0.1) is 9.39 Å². The van der Waals surface area contributed by atoms with E-state index in [2.05, 4.69) is 70.0 Å². The van der Waals surface area contributed by atoms with E-state index in [9.17, 15) is 9.18 Å². The number of nitrogens with zero attached hydrogens (tertiary/aromatic N) is 2. The molecule has 4 nitrogen and oxygen atoms in total. The van der Waals surface area contributed by atoms with E-state index in [0.29, 0.717) is 5.92 Å². The number of rotatable bonds is 8. The Morgan fingerprint density at radius 3 is 2.57 bits per heavy atom. The van der Waals surface area contributed by atoms with Crippen LogP contribution < -0.4 is 10.2 Å². The quantitative estimate of drug-likeness (QED) is 0.527. The summed E-state index contributed by atoms with van der Waals surface area (Å²) in [4.78, 5) is 17.1. The van der Waals surface area contributed by atoms with Crippen molar-refractivity contribution < 1.29 is 9.18 Å². The zero-order valence-electron chi connectivity index (χ0n) is 16.6. The highest BCUT2D eigenvalue weighted by atomic mass is 127. The fourth-order valence-electron chi connectivity index (χ4n) is 3.26. The number of halogens is 2. The average Bonchev–Trinajstić information content (AvgIpc) is 3.48. The summed E-state index contributed by atoms with van der Waals surface area (Å²) in [5, 5.41) is 2.96. The van der Waals surface area contributed by atoms with Crippen LogP contribution in [0.2, 0.25) is 0 Å². The molecule has 1 fully saturated rings. The van der Waals surface area contributed by atoms with Gasteiger partial charge in [0.1, 0.15) is 5.82 Å². The highest BCUT2D eigenvalue weighted by molar-refractivity contribution is 14.1. The van der Waals surface area contributed by atoms with Gasteiger partial charge in [0.25, 0.3) is 5.91 Å². The van der Waals surface area contributed by atoms with Crippen molar-refractivity contribution in [3.63, 3.8) is 0 Å². The van der Waals surface area contributed by atoms with Gasteiger partial charge in [0, 0.05) is 17.2 Å². The molecule has 3 rings (SSSR count). The summed E-state index contributed by atoms with van der Waals surface area (Å²) in [6.07, 6.45) is 3.40. The molecule has 0 aliphatic heterocycles. The molecule has 2 aromatic rings. The molecule has 0 saturated heterocycles. The molecule has 0 heterocycles. The Morgan fingerprint density at radius 1 is 1.14 bits per heavy atom. The maximum Gasteiger partial charge on any atom is 0.258 e. The summed E-state index contributed by atoms with van der Waals surface area (Å²) in [6, 6.07) is 10.9. The van der Waals surface area contributed by atoms with Gasteiger partial charge < -0.3 is 15.1 Å². The SMILES string of the molecule is CN(C)CCCN(C)c1ccc(C2CC2)cc1NC(=O)c1cc(I)ccc1F. The van der Waals surface area contributed by atoms with Gasteiger partial charge in [0.15, 0.2) is 0 Å². The van der Waals surface area contributed by atoms with Crippen molar-refractivity contribution in [1.29, 1.82) is 0 Å². The van der Waals surface area contributed by atoms with E-state index in [1.54, 1.807) is 12.1 Å². The van der Waals surface area contributed by atoms with E-state index in [1.807, 2.05) is 7.05 Å². The molecule has 0 radical (unpaired) electrons. The van der Waals surface area contributed by atoms with Crippen LogP contribution in [0.4, 0.5) is 15.8 Å². The van der Waals surface area contributed by atoms with E-state index in [1.165, 1.54) is 24.5 Å². The standard InChI is InChI=1S/C22H27FIN3O/c1-26(2)11-4-12-27(3)21-10-7-16(15-5-6-15)13-20(21)25-22(28)18-14-17(24)8-9-19(18)23/h7-10,13-15H,4-6,11-12H2,1-3H3,(H,25,28). The Balaban J connectivity index is 1.83. The lowest BCUT2D eigenvalue weighted by molar-refractivity contribution is 0.102. The molecular weight excluding hydrogens is 468 g/mol. The fraction of sp³-hybridized carbons (Fsp3) is 0.409. The molecule has 6 heteroatoms. The Labute approximate surface area is 180 Å². The van der Waals surface area contributed by atoms with Crippen LogP contribution in [0.15, 0.2) is 36.4 Å². The molecule has 0 spiro atoms. The predicted octanol–water partition coefficient (Wildman–Crippen LogP) is 4.95. The molecule has 1 saturated carbocycles. The Bertz CT molecular complexity index is 852. The monoisotopic (exact) mass is 495 g/mol. The van der Waals surface area contributed by atoms with Crippen molar-refractivity contribution in [2.45, 2.75) is 25.2 Å². The van der Waals surface area contributed by atoms with Gasteiger partial charge in [0.2, 0.25) is 0 Å². The van der Waals surface area contributed by atoms with Crippen LogP contribution >= 0.6 is 22.6 Å². The van der Waals surface area contributed by atoms with E-state index < -0.39 is 11.7 Å². The second-order valence-corrected chi connectivity index (χ2v) is 8.95. The number of anilines is 2. The molecule has 1 aliphatic carbocycles. The molecule has 28 heavy (non-hydrogen) atoms. The van der Waals surface area contributed by atoms with Gasteiger partial charge in [-0.15, -0.1) is 0 Å². The number of carbonyl (C=O) groups excluding carboxylic acids is 1. The minimum atomic E-state index is -0.503. The van der Waals surface area contributed by atoms with Crippen LogP contribution in [-0.4, -0.2) is 45.0 Å². The van der Waals surface area contributed by atoms with Crippen molar-refractivity contribution in [2.24, 2.45) is 0 Å². The normalized spacial score (nSPS) is 13.6. The van der Waals surface area contributed by atoms with Gasteiger partial charge in [-0.2, -0.15) is 0 Å². The minimum Gasteiger partial charge on any atom is -0.373 e. The zero-order chi connectivity index (χ0) is 20.3. The topological polar surface area (TPSA) is 35.6 Å². The van der Waals surface area contributed by atoms with Crippen molar-refractivity contribution >= 4 is 39.9 Å². The molecule has 0 aromatic heterocycles. The average molecular weight is 495 g/mol. The number of carbonyl (C=O) groups is 1. The fourth-order valence-corrected chi connectivity index (χ4v) is 3.75. The molecule has 1 N–H and O–H groups in total. The third-order valence-corrected chi connectivity index (χ3v) is 5.67. The first kappa shape index (κ1) is 21.0. The molecule has 0 unspecified atom stereocenters. The lowest BCUT2D eigenvalue weighted by Gasteiger charge is -2.24. The van der Waals surface area contributed by atoms with Gasteiger partial charge in [-0.25, -0.2) is 4.39 Å². The molecule has 1 aliphatic rings. The van der Waals surface area contributed by atoms with E-state index in [4.69, 9.17) is 0 Å². The maximum absolute atomic E-state index is 14.2. The largest absolute Gasteiger partial charge is 0.373 e. The van der Waals surface area contributed by atoms with Crippen molar-refractivity contribution in [3.8, 4) is 0 Å². The third-order valence-electron chi connectivity index (χ3n) is 5.00. The Kier molecular flexibility index (Phi) is 6.93. The number of nitrogens with one attached hydrogen (secondary N) is 1. The van der Waals surface area contributed by atoms with Crippen LogP contribution in [0.3, 0.4) is 0 Å². The van der Waals surface area contributed by atoms with Gasteiger partial charge in [-0.3, -0.25) is 4.79 Å². The molecule has 1 amide bonds. The van der Waals surface area contributed by atoms with Crippen LogP contribution in [0.1, 0.15) is 41.1 Å². The summed E-state index contributed by atoms with van der Waals surface area (Å²) < 4.78 is 15.0. The minimum absolute atomic E-state index is 0.0740. The van der Waals surface area contributed by atoms with Crippen LogP contribution in [0.25, 0.3) is 0 Å². The summed E-state index contributed by atoms with van der Waals surface area (Å²) in [5.74, 6) is -0.331. The smallest absolute Gasteiger partial charge is 0.258 e. The first-order chi connectivity index (χ1) is 13.3. The van der Waals surface area contributed by atoms with E-state index in [-0.39, 0.29) is 5.56 Å². The van der Waals surface area contributed by atoms with Gasteiger partial charge in [-0.1, -0.05) is 6.07 Å². The van der Waals surface area contributed by atoms with Crippen molar-refractivity contribution in [1.82, 2.24) is 4.90 Å². The summed E-state index contributed by atoms with van der Waals surface area (Å²) in [7, 11) is 6.15. The van der Waals surface area contributed by atoms with Crippen molar-refractivity contribution in [2.75, 3.05) is 44.4 Å². The summed E-state index contributed by atoms with van der Waals surface area (Å²) in [6.45, 7) is 1.88. The van der Waals surface area contributed by atoms with Crippen molar-refractivity contribution in [3.05, 3.63) is 56.9 Å². The number of benzene rings is 2. The lowest BCUT2D eigenvalue weighted by Crippen LogP contribution is -2.25. The summed E-state index contributed by atoms with van der Waals surface area (Å²) in [5.41, 5.74) is 3.02. The Hall–Kier alpha value is -1.67. The lowest BCUT2D eigenvalue weighted by atomic mass is 10.1. The number of amides is 1. The maximum atomic E-state index is 14.2. The Morgan fingerprint density at radius 2 is 1.89 bits per heavy atom. The van der Waals surface area contributed by atoms with Crippen LogP contribution in [0.5, 0.6) is 0 Å². The van der Waals surface area contributed by atoms with Crippen LogP contribution in [-0.2, 0) is 0 Å². The molecule has 2 aromatic carbocycles. The predicted molar refractivity (Wildman–Crippen MR) is 122 cm³/mol. The first-order valence-electron chi connectivity index (χ1n) is 9.61. The number of hydrogen-bond acceptors (Lipinski definition) is 3. The second-order valence-electron chi connectivity index (χ2n) is 7.71. The zero-order valence-corrected chi connectivity index (χ0v) is 18.8. The van der Waals surface area contributed by atoms with Gasteiger partial charge >= 0.3 is 0 Å². The molecular formula is C22H27FIN3O. The van der Waals surface area contributed by atoms with E-state index >= 15 is 0 Å². The third kappa shape index (κ3) is 5.44. The highest BCUT2D eigenvalue weighted by Crippen LogP contribution is 2.42. The molecule has 150 valence electrons. The molecule has 0 atom stereocenters. The van der Waals surface area contributed by atoms with Gasteiger partial charge in [0.05, 0.1) is 16.9 Å². The van der Waals surface area contributed by atoms with E-state index in [0.717, 1.165) is 34.5 Å².